The molecular weight excluding hydrogens is 254 g/mol. The number of hydrogen-bond donors (Lipinski definition) is 2. The van der Waals surface area contributed by atoms with Crippen LogP contribution in [0.5, 0.6) is 0 Å². The van der Waals surface area contributed by atoms with Crippen LogP contribution in [-0.4, -0.2) is 17.0 Å². The second-order valence-electron chi connectivity index (χ2n) is 4.99. The lowest BCUT2D eigenvalue weighted by atomic mass is 9.97. The Morgan fingerprint density at radius 3 is 2.30 bits per heavy atom. The highest BCUT2D eigenvalue weighted by Crippen LogP contribution is 2.20. The van der Waals surface area contributed by atoms with E-state index in [1.165, 1.54) is 0 Å². The Morgan fingerprint density at radius 2 is 1.75 bits per heavy atom. The summed E-state index contributed by atoms with van der Waals surface area (Å²) in [5, 5.41) is 11.8. The zero-order valence-corrected chi connectivity index (χ0v) is 12.2. The number of para-hydroxylation sites is 1. The Hall–Kier alpha value is -1.84. The minimum absolute atomic E-state index is 0.00267. The number of hydrogen-bond acceptors (Lipinski definition) is 2. The number of rotatable bonds is 8. The number of aliphatic carboxylic acids is 1. The van der Waals surface area contributed by atoms with Gasteiger partial charge >= 0.3 is 5.97 Å². The van der Waals surface area contributed by atoms with E-state index in [1.54, 1.807) is 24.3 Å². The van der Waals surface area contributed by atoms with Crippen molar-refractivity contribution in [3.05, 3.63) is 29.8 Å². The van der Waals surface area contributed by atoms with Gasteiger partial charge in [-0.3, -0.25) is 9.59 Å². The highest BCUT2D eigenvalue weighted by atomic mass is 16.4. The fourth-order valence-corrected chi connectivity index (χ4v) is 2.30. The van der Waals surface area contributed by atoms with E-state index in [2.05, 4.69) is 19.2 Å². The van der Waals surface area contributed by atoms with Crippen molar-refractivity contribution in [1.29, 1.82) is 0 Å². The fourth-order valence-electron chi connectivity index (χ4n) is 2.30. The summed E-state index contributed by atoms with van der Waals surface area (Å²) in [5.41, 5.74) is 1.25. The van der Waals surface area contributed by atoms with Crippen LogP contribution in [0.15, 0.2) is 24.3 Å². The molecule has 1 rings (SSSR count). The Morgan fingerprint density at radius 1 is 1.15 bits per heavy atom. The van der Waals surface area contributed by atoms with E-state index in [4.69, 9.17) is 5.11 Å². The molecule has 1 amide bonds. The molecular formula is C16H23NO3. The van der Waals surface area contributed by atoms with Crippen LogP contribution in [-0.2, 0) is 16.0 Å². The molecule has 0 aliphatic carbocycles. The van der Waals surface area contributed by atoms with Gasteiger partial charge in [0.2, 0.25) is 5.91 Å². The summed E-state index contributed by atoms with van der Waals surface area (Å²) in [6.07, 6.45) is 3.58. The summed E-state index contributed by atoms with van der Waals surface area (Å²) >= 11 is 0. The monoisotopic (exact) mass is 277 g/mol. The maximum absolute atomic E-state index is 12.3. The number of carbonyl (C=O) groups excluding carboxylic acids is 1. The van der Waals surface area contributed by atoms with Crippen molar-refractivity contribution in [1.82, 2.24) is 0 Å². The van der Waals surface area contributed by atoms with Gasteiger partial charge in [-0.1, -0.05) is 44.9 Å². The number of carboxylic acids is 1. The van der Waals surface area contributed by atoms with Crippen LogP contribution in [0.3, 0.4) is 0 Å². The summed E-state index contributed by atoms with van der Waals surface area (Å²) < 4.78 is 0. The number of carboxylic acid groups (broad SMARTS) is 1. The quantitative estimate of drug-likeness (QED) is 0.764. The lowest BCUT2D eigenvalue weighted by Gasteiger charge is -2.16. The maximum atomic E-state index is 12.3. The van der Waals surface area contributed by atoms with Gasteiger partial charge in [0.05, 0.1) is 6.42 Å². The summed E-state index contributed by atoms with van der Waals surface area (Å²) in [7, 11) is 0. The zero-order chi connectivity index (χ0) is 15.0. The lowest BCUT2D eigenvalue weighted by molar-refractivity contribution is -0.136. The molecule has 1 aromatic rings. The van der Waals surface area contributed by atoms with Gasteiger partial charge in [-0.2, -0.15) is 0 Å². The Kier molecular flexibility index (Phi) is 6.77. The van der Waals surface area contributed by atoms with E-state index in [0.29, 0.717) is 11.3 Å². The van der Waals surface area contributed by atoms with Gasteiger partial charge in [0.15, 0.2) is 0 Å². The molecule has 0 bridgehead atoms. The van der Waals surface area contributed by atoms with E-state index in [9.17, 15) is 9.59 Å². The third kappa shape index (κ3) is 5.03. The average molecular weight is 277 g/mol. The largest absolute Gasteiger partial charge is 0.481 e. The van der Waals surface area contributed by atoms with Gasteiger partial charge in [0.1, 0.15) is 0 Å². The third-order valence-corrected chi connectivity index (χ3v) is 3.26. The first-order chi connectivity index (χ1) is 9.58. The molecule has 0 radical (unpaired) electrons. The van der Waals surface area contributed by atoms with E-state index < -0.39 is 5.97 Å². The lowest BCUT2D eigenvalue weighted by Crippen LogP contribution is -2.23. The first kappa shape index (κ1) is 16.2. The SMILES string of the molecule is CCCC(CCC)C(=O)Nc1ccccc1CC(=O)O. The van der Waals surface area contributed by atoms with Crippen LogP contribution >= 0.6 is 0 Å². The standard InChI is InChI=1S/C16H23NO3/c1-3-7-12(8-4-2)16(20)17-14-10-6-5-9-13(14)11-15(18)19/h5-6,9-10,12H,3-4,7-8,11H2,1-2H3,(H,17,20)(H,18,19). The molecule has 2 N–H and O–H groups in total. The number of nitrogens with one attached hydrogen (secondary N) is 1. The van der Waals surface area contributed by atoms with Gasteiger partial charge in [0, 0.05) is 11.6 Å². The third-order valence-electron chi connectivity index (χ3n) is 3.26. The van der Waals surface area contributed by atoms with Crippen molar-refractivity contribution in [3.63, 3.8) is 0 Å². The molecule has 4 nitrogen and oxygen atoms in total. The minimum Gasteiger partial charge on any atom is -0.481 e. The summed E-state index contributed by atoms with van der Waals surface area (Å²) in [4.78, 5) is 23.1. The van der Waals surface area contributed by atoms with Crippen LogP contribution in [0.4, 0.5) is 5.69 Å². The molecule has 0 atom stereocenters. The molecule has 0 heterocycles. The fraction of sp³-hybridized carbons (Fsp3) is 0.500. The van der Waals surface area contributed by atoms with Crippen molar-refractivity contribution in [2.24, 2.45) is 5.92 Å². The molecule has 0 fully saturated rings. The molecule has 0 aliphatic heterocycles. The predicted octanol–water partition coefficient (Wildman–Crippen LogP) is 3.47. The van der Waals surface area contributed by atoms with Gasteiger partial charge in [0.25, 0.3) is 0 Å². The van der Waals surface area contributed by atoms with Gasteiger partial charge < -0.3 is 10.4 Å². The first-order valence-corrected chi connectivity index (χ1v) is 7.19. The summed E-state index contributed by atoms with van der Waals surface area (Å²) in [5.74, 6) is -0.903. The van der Waals surface area contributed by atoms with Crippen molar-refractivity contribution < 1.29 is 14.7 Å². The minimum atomic E-state index is -0.898. The van der Waals surface area contributed by atoms with Crippen molar-refractivity contribution in [3.8, 4) is 0 Å². The van der Waals surface area contributed by atoms with Gasteiger partial charge in [-0.05, 0) is 24.5 Å². The second kappa shape index (κ2) is 8.35. The topological polar surface area (TPSA) is 66.4 Å². The van der Waals surface area contributed by atoms with Crippen LogP contribution in [0.2, 0.25) is 0 Å². The average Bonchev–Trinajstić information content (AvgIpc) is 2.40. The number of amides is 1. The van der Waals surface area contributed by atoms with Crippen molar-refractivity contribution >= 4 is 17.6 Å². The van der Waals surface area contributed by atoms with Crippen molar-refractivity contribution in [2.75, 3.05) is 5.32 Å². The molecule has 0 spiro atoms. The Labute approximate surface area is 120 Å². The molecule has 0 aromatic heterocycles. The van der Waals surface area contributed by atoms with Crippen LogP contribution in [0, 0.1) is 5.92 Å². The highest BCUT2D eigenvalue weighted by molar-refractivity contribution is 5.93. The predicted molar refractivity (Wildman–Crippen MR) is 79.7 cm³/mol. The summed E-state index contributed by atoms with van der Waals surface area (Å²) in [6.45, 7) is 4.13. The van der Waals surface area contributed by atoms with Crippen LogP contribution in [0.25, 0.3) is 0 Å². The molecule has 20 heavy (non-hydrogen) atoms. The van der Waals surface area contributed by atoms with E-state index >= 15 is 0 Å². The molecule has 0 saturated carbocycles. The van der Waals surface area contributed by atoms with Crippen LogP contribution < -0.4 is 5.32 Å². The smallest absolute Gasteiger partial charge is 0.307 e. The van der Waals surface area contributed by atoms with Crippen LogP contribution in [0.1, 0.15) is 45.1 Å². The maximum Gasteiger partial charge on any atom is 0.307 e. The first-order valence-electron chi connectivity index (χ1n) is 7.19. The molecule has 4 heteroatoms. The zero-order valence-electron chi connectivity index (χ0n) is 12.2. The second-order valence-corrected chi connectivity index (χ2v) is 4.99. The Balaban J connectivity index is 2.80. The van der Waals surface area contributed by atoms with E-state index in [-0.39, 0.29) is 18.2 Å². The number of anilines is 1. The van der Waals surface area contributed by atoms with E-state index in [0.717, 1.165) is 25.7 Å². The van der Waals surface area contributed by atoms with E-state index in [1.807, 2.05) is 0 Å². The molecule has 0 aliphatic rings. The van der Waals surface area contributed by atoms with Gasteiger partial charge in [-0.25, -0.2) is 0 Å². The van der Waals surface area contributed by atoms with Crippen molar-refractivity contribution in [2.45, 2.75) is 46.0 Å². The molecule has 110 valence electrons. The number of benzene rings is 1. The highest BCUT2D eigenvalue weighted by Gasteiger charge is 2.18. The normalized spacial score (nSPS) is 10.6. The Bertz CT molecular complexity index is 451. The summed E-state index contributed by atoms with van der Waals surface area (Å²) in [6, 6.07) is 7.07. The molecule has 1 aromatic carbocycles. The molecule has 0 unspecified atom stereocenters. The molecule has 0 saturated heterocycles. The number of carbonyl (C=O) groups is 2. The van der Waals surface area contributed by atoms with Gasteiger partial charge in [-0.15, -0.1) is 0 Å².